The van der Waals surface area contributed by atoms with E-state index < -0.39 is 5.97 Å². The van der Waals surface area contributed by atoms with Crippen LogP contribution in [-0.2, 0) is 0 Å². The van der Waals surface area contributed by atoms with Crippen LogP contribution in [0.2, 0.25) is 0 Å². The summed E-state index contributed by atoms with van der Waals surface area (Å²) in [5.41, 5.74) is 1.97. The number of rotatable bonds is 4. The van der Waals surface area contributed by atoms with Gasteiger partial charge in [-0.1, -0.05) is 36.8 Å². The van der Waals surface area contributed by atoms with Crippen LogP contribution in [0.5, 0.6) is 0 Å². The summed E-state index contributed by atoms with van der Waals surface area (Å²) >= 11 is 0. The second-order valence-electron chi connectivity index (χ2n) is 6.16. The Kier molecular flexibility index (Phi) is 4.60. The fourth-order valence-corrected chi connectivity index (χ4v) is 3.39. The minimum absolute atomic E-state index is 0.0844. The molecule has 2 aromatic rings. The molecule has 5 nitrogen and oxygen atoms in total. The molecule has 1 aliphatic rings. The lowest BCUT2D eigenvalue weighted by atomic mass is 9.94. The summed E-state index contributed by atoms with van der Waals surface area (Å²) in [7, 11) is 0. The average molecular weight is 324 g/mol. The molecule has 1 amide bonds. The molecule has 1 heterocycles. The van der Waals surface area contributed by atoms with Gasteiger partial charge in [-0.2, -0.15) is 0 Å². The van der Waals surface area contributed by atoms with Crippen molar-refractivity contribution in [2.45, 2.75) is 38.1 Å². The van der Waals surface area contributed by atoms with Gasteiger partial charge in [0.1, 0.15) is 5.69 Å². The first-order valence-electron chi connectivity index (χ1n) is 8.13. The van der Waals surface area contributed by atoms with E-state index in [1.54, 1.807) is 6.92 Å². The zero-order chi connectivity index (χ0) is 17.1. The smallest absolute Gasteiger partial charge is 0.337 e. The molecule has 3 rings (SSSR count). The molecule has 0 bridgehead atoms. The van der Waals surface area contributed by atoms with E-state index in [0.717, 1.165) is 19.3 Å². The van der Waals surface area contributed by atoms with Crippen LogP contribution in [-0.4, -0.2) is 28.0 Å². The van der Waals surface area contributed by atoms with Crippen molar-refractivity contribution in [1.82, 2.24) is 10.3 Å². The zero-order valence-electron chi connectivity index (χ0n) is 13.5. The van der Waals surface area contributed by atoms with E-state index in [0.29, 0.717) is 11.6 Å². The maximum Gasteiger partial charge on any atom is 0.337 e. The molecule has 1 aromatic carbocycles. The lowest BCUT2D eigenvalue weighted by Crippen LogP contribution is -2.37. The molecule has 2 N–H and O–H groups in total. The number of carboxylic acids is 1. The average Bonchev–Trinajstić information content (AvgIpc) is 3.03. The van der Waals surface area contributed by atoms with Gasteiger partial charge in [0.05, 0.1) is 11.3 Å². The molecular weight excluding hydrogens is 304 g/mol. The molecule has 0 aliphatic heterocycles. The number of pyridine rings is 1. The molecule has 0 radical (unpaired) electrons. The van der Waals surface area contributed by atoms with E-state index in [2.05, 4.69) is 22.4 Å². The molecule has 5 heteroatoms. The summed E-state index contributed by atoms with van der Waals surface area (Å²) in [5, 5.41) is 12.1. The lowest BCUT2D eigenvalue weighted by Gasteiger charge is -2.21. The predicted molar refractivity (Wildman–Crippen MR) is 90.2 cm³/mol. The summed E-state index contributed by atoms with van der Waals surface area (Å²) in [5.74, 6) is -0.968. The number of amides is 1. The van der Waals surface area contributed by atoms with Gasteiger partial charge in [-0.05, 0) is 37.5 Å². The Hall–Kier alpha value is -2.69. The number of aromatic nitrogens is 1. The van der Waals surface area contributed by atoms with Crippen molar-refractivity contribution in [2.75, 3.05) is 0 Å². The van der Waals surface area contributed by atoms with Crippen molar-refractivity contribution in [3.63, 3.8) is 0 Å². The third-order valence-electron chi connectivity index (χ3n) is 4.61. The van der Waals surface area contributed by atoms with Crippen molar-refractivity contribution >= 4 is 11.9 Å². The zero-order valence-corrected chi connectivity index (χ0v) is 13.5. The number of benzene rings is 1. The Balaban J connectivity index is 1.74. The standard InChI is InChI=1S/C19H20N2O3/c1-12-14(19(23)24)10-11-17(20-12)18(22)21-16-9-5-8-15(16)13-6-3-2-4-7-13/h2-4,6-7,10-11,15-16H,5,8-9H2,1H3,(H,21,22)(H,23,24)/t15-,16+/m0/s1. The SMILES string of the molecule is Cc1nc(C(=O)N[C@@H]2CCC[C@H]2c2ccccc2)ccc1C(=O)O. The van der Waals surface area contributed by atoms with Crippen LogP contribution < -0.4 is 5.32 Å². The molecule has 2 atom stereocenters. The van der Waals surface area contributed by atoms with Gasteiger partial charge in [0.2, 0.25) is 0 Å². The van der Waals surface area contributed by atoms with E-state index in [1.807, 2.05) is 18.2 Å². The van der Waals surface area contributed by atoms with Crippen LogP contribution in [0.25, 0.3) is 0 Å². The van der Waals surface area contributed by atoms with Gasteiger partial charge in [0.25, 0.3) is 5.91 Å². The summed E-state index contributed by atoms with van der Waals surface area (Å²) in [6.07, 6.45) is 3.08. The molecule has 1 aliphatic carbocycles. The Morgan fingerprint density at radius 3 is 2.54 bits per heavy atom. The van der Waals surface area contributed by atoms with Gasteiger partial charge in [-0.15, -0.1) is 0 Å². The predicted octanol–water partition coefficient (Wildman–Crippen LogP) is 3.15. The number of carboxylic acid groups (broad SMARTS) is 1. The highest BCUT2D eigenvalue weighted by Crippen LogP contribution is 2.34. The topological polar surface area (TPSA) is 79.3 Å². The van der Waals surface area contributed by atoms with Gasteiger partial charge in [-0.3, -0.25) is 4.79 Å². The Morgan fingerprint density at radius 2 is 1.88 bits per heavy atom. The Labute approximate surface area is 140 Å². The van der Waals surface area contributed by atoms with Crippen molar-refractivity contribution in [3.8, 4) is 0 Å². The summed E-state index contributed by atoms with van der Waals surface area (Å²) in [4.78, 5) is 27.7. The van der Waals surface area contributed by atoms with Crippen molar-refractivity contribution in [1.29, 1.82) is 0 Å². The second kappa shape index (κ2) is 6.83. The molecule has 1 saturated carbocycles. The van der Waals surface area contributed by atoms with Crippen molar-refractivity contribution in [2.24, 2.45) is 0 Å². The highest BCUT2D eigenvalue weighted by molar-refractivity contribution is 5.94. The first-order valence-corrected chi connectivity index (χ1v) is 8.13. The summed E-state index contributed by atoms with van der Waals surface area (Å²) in [6.45, 7) is 1.60. The summed E-state index contributed by atoms with van der Waals surface area (Å²) < 4.78 is 0. The number of nitrogens with one attached hydrogen (secondary N) is 1. The van der Waals surface area contributed by atoms with Crippen LogP contribution in [0.15, 0.2) is 42.5 Å². The molecule has 1 aromatic heterocycles. The number of carbonyl (C=O) groups excluding carboxylic acids is 1. The van der Waals surface area contributed by atoms with Gasteiger partial charge in [-0.25, -0.2) is 9.78 Å². The number of aryl methyl sites for hydroxylation is 1. The van der Waals surface area contributed by atoms with Crippen molar-refractivity contribution < 1.29 is 14.7 Å². The van der Waals surface area contributed by atoms with E-state index in [4.69, 9.17) is 5.11 Å². The maximum absolute atomic E-state index is 12.5. The maximum atomic E-state index is 12.5. The number of carbonyl (C=O) groups is 2. The van der Waals surface area contributed by atoms with Gasteiger partial charge < -0.3 is 10.4 Å². The highest BCUT2D eigenvalue weighted by atomic mass is 16.4. The van der Waals surface area contributed by atoms with Gasteiger partial charge in [0.15, 0.2) is 0 Å². The van der Waals surface area contributed by atoms with Gasteiger partial charge in [0, 0.05) is 12.0 Å². The van der Waals surface area contributed by atoms with E-state index in [1.165, 1.54) is 17.7 Å². The first kappa shape index (κ1) is 16.2. The fraction of sp³-hybridized carbons (Fsp3) is 0.316. The second-order valence-corrected chi connectivity index (χ2v) is 6.16. The minimum atomic E-state index is -1.04. The van der Waals surface area contributed by atoms with E-state index in [-0.39, 0.29) is 23.2 Å². The third-order valence-corrected chi connectivity index (χ3v) is 4.61. The van der Waals surface area contributed by atoms with Crippen LogP contribution in [0.1, 0.15) is 57.3 Å². The minimum Gasteiger partial charge on any atom is -0.478 e. The molecular formula is C19H20N2O3. The van der Waals surface area contributed by atoms with Crippen LogP contribution in [0.3, 0.4) is 0 Å². The monoisotopic (exact) mass is 324 g/mol. The third kappa shape index (κ3) is 3.30. The largest absolute Gasteiger partial charge is 0.478 e. The molecule has 0 spiro atoms. The number of nitrogens with zero attached hydrogens (tertiary/aromatic N) is 1. The molecule has 1 fully saturated rings. The fourth-order valence-electron chi connectivity index (χ4n) is 3.39. The van der Waals surface area contributed by atoms with Crippen molar-refractivity contribution in [3.05, 3.63) is 65.0 Å². The molecule has 0 unspecified atom stereocenters. The Morgan fingerprint density at radius 1 is 1.12 bits per heavy atom. The first-order chi connectivity index (χ1) is 11.6. The van der Waals surface area contributed by atoms with Gasteiger partial charge >= 0.3 is 5.97 Å². The van der Waals surface area contributed by atoms with Crippen LogP contribution in [0.4, 0.5) is 0 Å². The Bertz CT molecular complexity index is 758. The molecule has 0 saturated heterocycles. The highest BCUT2D eigenvalue weighted by Gasteiger charge is 2.30. The quantitative estimate of drug-likeness (QED) is 0.905. The van der Waals surface area contributed by atoms with Crippen LogP contribution in [0, 0.1) is 6.92 Å². The number of hydrogen-bond acceptors (Lipinski definition) is 3. The van der Waals surface area contributed by atoms with Crippen LogP contribution >= 0.6 is 0 Å². The normalized spacial score (nSPS) is 19.9. The molecule has 124 valence electrons. The lowest BCUT2D eigenvalue weighted by molar-refractivity contribution is 0.0694. The summed E-state index contributed by atoms with van der Waals surface area (Å²) in [6, 6.07) is 13.2. The van der Waals surface area contributed by atoms with E-state index >= 15 is 0 Å². The van der Waals surface area contributed by atoms with E-state index in [9.17, 15) is 9.59 Å². The number of aromatic carboxylic acids is 1. The molecule has 24 heavy (non-hydrogen) atoms. The number of hydrogen-bond donors (Lipinski definition) is 2.